The largest absolute Gasteiger partial charge is 0.496 e. The van der Waals surface area contributed by atoms with E-state index in [1.807, 2.05) is 0 Å². The van der Waals surface area contributed by atoms with Gasteiger partial charge in [-0.2, -0.15) is 0 Å². The SMILES string of the molecule is COc1ccc(Cl)cc1CC(=O)OCC(=O)c1ccc(NC(C)=O)cc1F. The van der Waals surface area contributed by atoms with E-state index < -0.39 is 24.2 Å². The summed E-state index contributed by atoms with van der Waals surface area (Å²) in [7, 11) is 1.45. The van der Waals surface area contributed by atoms with Gasteiger partial charge in [-0.05, 0) is 36.4 Å². The Hall–Kier alpha value is -2.93. The number of carbonyl (C=O) groups is 3. The van der Waals surface area contributed by atoms with Crippen molar-refractivity contribution in [1.29, 1.82) is 0 Å². The minimum Gasteiger partial charge on any atom is -0.496 e. The molecule has 0 saturated heterocycles. The number of carbonyl (C=O) groups excluding carboxylic acids is 3. The number of anilines is 1. The van der Waals surface area contributed by atoms with Crippen LogP contribution < -0.4 is 10.1 Å². The topological polar surface area (TPSA) is 81.7 Å². The van der Waals surface area contributed by atoms with Crippen LogP contribution in [0.3, 0.4) is 0 Å². The highest BCUT2D eigenvalue weighted by Crippen LogP contribution is 2.23. The van der Waals surface area contributed by atoms with Crippen molar-refractivity contribution < 1.29 is 28.2 Å². The van der Waals surface area contributed by atoms with Gasteiger partial charge >= 0.3 is 5.97 Å². The Balaban J connectivity index is 1.98. The fourth-order valence-electron chi connectivity index (χ4n) is 2.34. The molecule has 142 valence electrons. The molecule has 27 heavy (non-hydrogen) atoms. The zero-order valence-electron chi connectivity index (χ0n) is 14.7. The molecule has 2 rings (SSSR count). The summed E-state index contributed by atoms with van der Waals surface area (Å²) in [6, 6.07) is 8.42. The number of rotatable bonds is 7. The Labute approximate surface area is 160 Å². The number of amides is 1. The molecule has 2 aromatic carbocycles. The third-order valence-electron chi connectivity index (χ3n) is 3.53. The standard InChI is InChI=1S/C19H17ClFNO5/c1-11(23)22-14-4-5-15(16(21)9-14)17(24)10-27-19(25)8-12-7-13(20)3-6-18(12)26-2/h3-7,9H,8,10H2,1-2H3,(H,22,23). The van der Waals surface area contributed by atoms with Crippen molar-refractivity contribution in [2.45, 2.75) is 13.3 Å². The summed E-state index contributed by atoms with van der Waals surface area (Å²) in [4.78, 5) is 35.0. The highest BCUT2D eigenvalue weighted by atomic mass is 35.5. The quantitative estimate of drug-likeness (QED) is 0.575. The van der Waals surface area contributed by atoms with E-state index in [4.69, 9.17) is 21.1 Å². The molecule has 0 heterocycles. The maximum atomic E-state index is 14.0. The molecular formula is C19H17ClFNO5. The van der Waals surface area contributed by atoms with E-state index in [2.05, 4.69) is 5.32 Å². The van der Waals surface area contributed by atoms with Gasteiger partial charge in [0.1, 0.15) is 11.6 Å². The van der Waals surface area contributed by atoms with E-state index in [1.165, 1.54) is 26.2 Å². The second-order valence-corrected chi connectivity index (χ2v) is 6.03. The van der Waals surface area contributed by atoms with Crippen molar-refractivity contribution >= 4 is 34.9 Å². The number of hydrogen-bond acceptors (Lipinski definition) is 5. The van der Waals surface area contributed by atoms with Gasteiger partial charge in [0.05, 0.1) is 19.1 Å². The lowest BCUT2D eigenvalue weighted by Crippen LogP contribution is -2.17. The first-order chi connectivity index (χ1) is 12.8. The molecule has 6 nitrogen and oxygen atoms in total. The summed E-state index contributed by atoms with van der Waals surface area (Å²) in [5, 5.41) is 2.83. The molecule has 0 saturated carbocycles. The monoisotopic (exact) mass is 393 g/mol. The number of esters is 1. The molecule has 0 aliphatic carbocycles. The van der Waals surface area contributed by atoms with E-state index in [-0.39, 0.29) is 23.6 Å². The van der Waals surface area contributed by atoms with Gasteiger partial charge in [0.15, 0.2) is 6.61 Å². The normalized spacial score (nSPS) is 10.2. The van der Waals surface area contributed by atoms with E-state index in [1.54, 1.807) is 18.2 Å². The van der Waals surface area contributed by atoms with Crippen LogP contribution in [0.2, 0.25) is 5.02 Å². The molecule has 2 aromatic rings. The van der Waals surface area contributed by atoms with Crippen molar-refractivity contribution in [3.05, 3.63) is 58.4 Å². The van der Waals surface area contributed by atoms with E-state index in [0.29, 0.717) is 16.3 Å². The van der Waals surface area contributed by atoms with E-state index >= 15 is 0 Å². The predicted octanol–water partition coefficient (Wildman–Crippen LogP) is 3.41. The number of ether oxygens (including phenoxy) is 2. The number of Topliss-reactive ketones (excluding diaryl/α,β-unsaturated/α-hetero) is 1. The lowest BCUT2D eigenvalue weighted by atomic mass is 10.1. The third-order valence-corrected chi connectivity index (χ3v) is 3.77. The smallest absolute Gasteiger partial charge is 0.310 e. The summed E-state index contributed by atoms with van der Waals surface area (Å²) >= 11 is 5.90. The second-order valence-electron chi connectivity index (χ2n) is 5.59. The van der Waals surface area contributed by atoms with Crippen LogP contribution in [-0.4, -0.2) is 31.4 Å². The minimum atomic E-state index is -0.821. The van der Waals surface area contributed by atoms with Crippen molar-refractivity contribution in [1.82, 2.24) is 0 Å². The molecule has 0 spiro atoms. The zero-order valence-corrected chi connectivity index (χ0v) is 15.4. The van der Waals surface area contributed by atoms with Crippen LogP contribution in [0.1, 0.15) is 22.8 Å². The average molecular weight is 394 g/mol. The van der Waals surface area contributed by atoms with Crippen LogP contribution in [0.5, 0.6) is 5.75 Å². The maximum Gasteiger partial charge on any atom is 0.310 e. The summed E-state index contributed by atoms with van der Waals surface area (Å²) in [6.07, 6.45) is -0.152. The molecule has 0 fully saturated rings. The van der Waals surface area contributed by atoms with Gasteiger partial charge in [0.25, 0.3) is 0 Å². The molecule has 0 aromatic heterocycles. The molecule has 0 aliphatic rings. The van der Waals surface area contributed by atoms with E-state index in [0.717, 1.165) is 6.07 Å². The van der Waals surface area contributed by atoms with Gasteiger partial charge in [-0.1, -0.05) is 11.6 Å². The fraction of sp³-hybridized carbons (Fsp3) is 0.211. The predicted molar refractivity (Wildman–Crippen MR) is 97.7 cm³/mol. The second kappa shape index (κ2) is 9.14. The third kappa shape index (κ3) is 5.79. The van der Waals surface area contributed by atoms with Gasteiger partial charge < -0.3 is 14.8 Å². The Morgan fingerprint density at radius 1 is 1.15 bits per heavy atom. The summed E-state index contributed by atoms with van der Waals surface area (Å²) in [5.41, 5.74) is 0.493. The van der Waals surface area contributed by atoms with Crippen LogP contribution in [0.25, 0.3) is 0 Å². The molecular weight excluding hydrogens is 377 g/mol. The Morgan fingerprint density at radius 3 is 2.52 bits per heavy atom. The van der Waals surface area contributed by atoms with Crippen molar-refractivity contribution in [3.63, 3.8) is 0 Å². The van der Waals surface area contributed by atoms with Crippen molar-refractivity contribution in [2.75, 3.05) is 19.0 Å². The van der Waals surface area contributed by atoms with Crippen LogP contribution in [0, 0.1) is 5.82 Å². The zero-order chi connectivity index (χ0) is 20.0. The molecule has 0 atom stereocenters. The number of halogens is 2. The fourth-order valence-corrected chi connectivity index (χ4v) is 2.53. The molecule has 0 radical (unpaired) electrons. The van der Waals surface area contributed by atoms with Gasteiger partial charge in [-0.15, -0.1) is 0 Å². The van der Waals surface area contributed by atoms with Crippen LogP contribution >= 0.6 is 11.6 Å². The van der Waals surface area contributed by atoms with Crippen LogP contribution in [0.15, 0.2) is 36.4 Å². The van der Waals surface area contributed by atoms with Gasteiger partial charge in [-0.25, -0.2) is 4.39 Å². The summed E-state index contributed by atoms with van der Waals surface area (Å²) in [5.74, 6) is -2.10. The number of benzene rings is 2. The summed E-state index contributed by atoms with van der Waals surface area (Å²) in [6.45, 7) is 0.670. The highest BCUT2D eigenvalue weighted by Gasteiger charge is 2.16. The molecule has 1 amide bonds. The van der Waals surface area contributed by atoms with Gasteiger partial charge in [0.2, 0.25) is 11.7 Å². The lowest BCUT2D eigenvalue weighted by molar-refractivity contribution is -0.141. The first-order valence-electron chi connectivity index (χ1n) is 7.88. The molecule has 1 N–H and O–H groups in total. The van der Waals surface area contributed by atoms with Gasteiger partial charge in [-0.3, -0.25) is 14.4 Å². The number of hydrogen-bond donors (Lipinski definition) is 1. The van der Waals surface area contributed by atoms with Crippen LogP contribution in [0.4, 0.5) is 10.1 Å². The average Bonchev–Trinajstić information content (AvgIpc) is 2.59. The molecule has 8 heteroatoms. The highest BCUT2D eigenvalue weighted by molar-refractivity contribution is 6.30. The first-order valence-corrected chi connectivity index (χ1v) is 8.26. The number of ketones is 1. The first kappa shape index (κ1) is 20.4. The van der Waals surface area contributed by atoms with Crippen LogP contribution in [-0.2, 0) is 20.7 Å². The molecule has 0 aliphatic heterocycles. The Morgan fingerprint density at radius 2 is 1.89 bits per heavy atom. The van der Waals surface area contributed by atoms with E-state index in [9.17, 15) is 18.8 Å². The molecule has 0 bridgehead atoms. The van der Waals surface area contributed by atoms with Gasteiger partial charge in [0, 0.05) is 23.2 Å². The molecule has 0 unspecified atom stereocenters. The summed E-state index contributed by atoms with van der Waals surface area (Å²) < 4.78 is 24.1. The minimum absolute atomic E-state index is 0.152. The van der Waals surface area contributed by atoms with Crippen molar-refractivity contribution in [3.8, 4) is 5.75 Å². The lowest BCUT2D eigenvalue weighted by Gasteiger charge is -2.09. The number of methoxy groups -OCH3 is 1. The Bertz CT molecular complexity index is 884. The maximum absolute atomic E-state index is 14.0. The Kier molecular flexibility index (Phi) is 6.90. The van der Waals surface area contributed by atoms with Crippen molar-refractivity contribution in [2.24, 2.45) is 0 Å². The number of nitrogens with one attached hydrogen (secondary N) is 1.